The van der Waals surface area contributed by atoms with Crippen LogP contribution in [0.25, 0.3) is 10.6 Å². The Morgan fingerprint density at radius 2 is 1.83 bits per heavy atom. The Morgan fingerprint density at radius 3 is 2.62 bits per heavy atom. The second-order valence-corrected chi connectivity index (χ2v) is 9.77. The molecule has 0 bridgehead atoms. The molecule has 29 heavy (non-hydrogen) atoms. The molecule has 8 heteroatoms. The standard InChI is InChI=1S/C21H24N4O2S2/c26-29(27,25-14-5-2-6-15-25)19-10-7-12-22-20(19)23-13-11-18-16-28-21(24-18)17-8-3-1-4-9-17/h1,3-4,7-10,12,16H,2,5-6,11,13-15H2,(H,22,23). The molecule has 1 fully saturated rings. The molecule has 6 nitrogen and oxygen atoms in total. The Labute approximate surface area is 175 Å². The fraction of sp³-hybridized carbons (Fsp3) is 0.333. The number of thiazole rings is 1. The minimum atomic E-state index is -3.52. The van der Waals surface area contributed by atoms with Crippen molar-refractivity contribution < 1.29 is 8.42 Å². The van der Waals surface area contributed by atoms with E-state index in [0.717, 1.165) is 35.5 Å². The van der Waals surface area contributed by atoms with E-state index in [1.54, 1.807) is 34.0 Å². The van der Waals surface area contributed by atoms with Crippen LogP contribution in [0.15, 0.2) is 58.9 Å². The van der Waals surface area contributed by atoms with Gasteiger partial charge in [-0.3, -0.25) is 0 Å². The van der Waals surface area contributed by atoms with Gasteiger partial charge in [0.1, 0.15) is 15.7 Å². The summed E-state index contributed by atoms with van der Waals surface area (Å²) in [6, 6.07) is 13.4. The Hall–Kier alpha value is -2.29. The van der Waals surface area contributed by atoms with Gasteiger partial charge in [-0.15, -0.1) is 11.3 Å². The summed E-state index contributed by atoms with van der Waals surface area (Å²) in [7, 11) is -3.52. The largest absolute Gasteiger partial charge is 0.369 e. The van der Waals surface area contributed by atoms with Gasteiger partial charge in [0.05, 0.1) is 5.69 Å². The molecule has 1 aliphatic rings. The molecule has 1 aromatic carbocycles. The number of aromatic nitrogens is 2. The number of anilines is 1. The third-order valence-corrected chi connectivity index (χ3v) is 7.82. The smallest absolute Gasteiger partial charge is 0.246 e. The molecule has 2 aromatic heterocycles. The van der Waals surface area contributed by atoms with Crippen molar-refractivity contribution in [1.82, 2.24) is 14.3 Å². The molecule has 0 spiro atoms. The van der Waals surface area contributed by atoms with Crippen LogP contribution < -0.4 is 5.32 Å². The Bertz CT molecular complexity index is 1050. The van der Waals surface area contributed by atoms with E-state index in [9.17, 15) is 8.42 Å². The van der Waals surface area contributed by atoms with E-state index in [4.69, 9.17) is 0 Å². The zero-order valence-electron chi connectivity index (χ0n) is 16.1. The molecule has 0 unspecified atom stereocenters. The van der Waals surface area contributed by atoms with Crippen LogP contribution in [0, 0.1) is 0 Å². The minimum absolute atomic E-state index is 0.255. The van der Waals surface area contributed by atoms with Crippen LogP contribution >= 0.6 is 11.3 Å². The predicted octanol–water partition coefficient (Wildman–Crippen LogP) is 4.03. The first-order valence-electron chi connectivity index (χ1n) is 9.83. The number of benzene rings is 1. The number of nitrogens with one attached hydrogen (secondary N) is 1. The van der Waals surface area contributed by atoms with Gasteiger partial charge in [0, 0.05) is 43.2 Å². The Kier molecular flexibility index (Phi) is 6.22. The third kappa shape index (κ3) is 4.66. The number of nitrogens with zero attached hydrogens (tertiary/aromatic N) is 3. The second kappa shape index (κ2) is 9.02. The van der Waals surface area contributed by atoms with Gasteiger partial charge in [-0.2, -0.15) is 4.31 Å². The first-order chi connectivity index (χ1) is 14.1. The number of piperidine rings is 1. The molecular weight excluding hydrogens is 404 g/mol. The van der Waals surface area contributed by atoms with E-state index >= 15 is 0 Å². The predicted molar refractivity (Wildman–Crippen MR) is 117 cm³/mol. The van der Waals surface area contributed by atoms with Crippen molar-refractivity contribution in [3.8, 4) is 10.6 Å². The molecule has 0 radical (unpaired) electrons. The van der Waals surface area contributed by atoms with Crippen LogP contribution in [-0.4, -0.2) is 42.3 Å². The first-order valence-corrected chi connectivity index (χ1v) is 12.2. The van der Waals surface area contributed by atoms with Gasteiger partial charge >= 0.3 is 0 Å². The average molecular weight is 429 g/mol. The van der Waals surface area contributed by atoms with Crippen LogP contribution in [0.4, 0.5) is 5.82 Å². The quantitative estimate of drug-likeness (QED) is 0.615. The summed E-state index contributed by atoms with van der Waals surface area (Å²) in [6.45, 7) is 1.73. The van der Waals surface area contributed by atoms with Gasteiger partial charge < -0.3 is 5.32 Å². The molecule has 0 atom stereocenters. The average Bonchev–Trinajstić information content (AvgIpc) is 3.24. The van der Waals surface area contributed by atoms with E-state index in [-0.39, 0.29) is 4.90 Å². The second-order valence-electron chi connectivity index (χ2n) is 7.00. The van der Waals surface area contributed by atoms with Crippen molar-refractivity contribution in [3.05, 3.63) is 59.7 Å². The van der Waals surface area contributed by atoms with Gasteiger partial charge in [-0.25, -0.2) is 18.4 Å². The topological polar surface area (TPSA) is 75.2 Å². The number of pyridine rings is 1. The van der Waals surface area contributed by atoms with Gasteiger partial charge in [-0.1, -0.05) is 36.8 Å². The van der Waals surface area contributed by atoms with Crippen molar-refractivity contribution in [2.24, 2.45) is 0 Å². The molecule has 3 aromatic rings. The minimum Gasteiger partial charge on any atom is -0.369 e. The summed E-state index contributed by atoms with van der Waals surface area (Å²) in [5, 5.41) is 6.25. The summed E-state index contributed by atoms with van der Waals surface area (Å²) >= 11 is 1.62. The highest BCUT2D eigenvalue weighted by Crippen LogP contribution is 2.26. The number of hydrogen-bond donors (Lipinski definition) is 1. The third-order valence-electron chi connectivity index (χ3n) is 4.95. The number of hydrogen-bond acceptors (Lipinski definition) is 6. The fourth-order valence-corrected chi connectivity index (χ4v) is 5.92. The molecule has 1 N–H and O–H groups in total. The summed E-state index contributed by atoms with van der Waals surface area (Å²) in [4.78, 5) is 9.23. The molecule has 1 saturated heterocycles. The molecular formula is C21H24N4O2S2. The van der Waals surface area contributed by atoms with E-state index in [2.05, 4.69) is 15.3 Å². The van der Waals surface area contributed by atoms with Crippen LogP contribution in [-0.2, 0) is 16.4 Å². The molecule has 0 saturated carbocycles. The normalized spacial score (nSPS) is 15.3. The SMILES string of the molecule is O=S(=O)(c1cccnc1NCCc1csc(-c2ccccc2)n1)N1CCCCC1. The summed E-state index contributed by atoms with van der Waals surface area (Å²) in [5.74, 6) is 0.414. The van der Waals surface area contributed by atoms with Crippen LogP contribution in [0.5, 0.6) is 0 Å². The van der Waals surface area contributed by atoms with E-state index in [1.165, 1.54) is 0 Å². The number of sulfonamides is 1. The van der Waals surface area contributed by atoms with Crippen LogP contribution in [0.1, 0.15) is 25.0 Å². The Balaban J connectivity index is 1.43. The lowest BCUT2D eigenvalue weighted by atomic mass is 10.2. The molecule has 1 aliphatic heterocycles. The van der Waals surface area contributed by atoms with Crippen molar-refractivity contribution in [3.63, 3.8) is 0 Å². The van der Waals surface area contributed by atoms with E-state index < -0.39 is 10.0 Å². The zero-order chi connectivity index (χ0) is 20.1. The lowest BCUT2D eigenvalue weighted by molar-refractivity contribution is 0.346. The van der Waals surface area contributed by atoms with Crippen molar-refractivity contribution >= 4 is 27.2 Å². The highest BCUT2D eigenvalue weighted by molar-refractivity contribution is 7.89. The van der Waals surface area contributed by atoms with Crippen LogP contribution in [0.3, 0.4) is 0 Å². The molecule has 0 amide bonds. The summed E-state index contributed by atoms with van der Waals surface area (Å²) in [6.07, 6.45) is 5.23. The van der Waals surface area contributed by atoms with Gasteiger partial charge in [0.2, 0.25) is 10.0 Å². The lowest BCUT2D eigenvalue weighted by Crippen LogP contribution is -2.36. The highest BCUT2D eigenvalue weighted by Gasteiger charge is 2.28. The summed E-state index contributed by atoms with van der Waals surface area (Å²) < 4.78 is 27.6. The molecule has 3 heterocycles. The van der Waals surface area contributed by atoms with E-state index in [0.29, 0.717) is 31.9 Å². The fourth-order valence-electron chi connectivity index (χ4n) is 3.42. The maximum Gasteiger partial charge on any atom is 0.246 e. The molecule has 4 rings (SSSR count). The van der Waals surface area contributed by atoms with Gasteiger partial charge in [-0.05, 0) is 25.0 Å². The van der Waals surface area contributed by atoms with E-state index in [1.807, 2.05) is 35.7 Å². The van der Waals surface area contributed by atoms with Crippen molar-refractivity contribution in [2.75, 3.05) is 25.0 Å². The van der Waals surface area contributed by atoms with Crippen molar-refractivity contribution in [1.29, 1.82) is 0 Å². The maximum atomic E-state index is 13.0. The first kappa shape index (κ1) is 20.0. The zero-order valence-corrected chi connectivity index (χ0v) is 17.8. The van der Waals surface area contributed by atoms with Crippen LogP contribution in [0.2, 0.25) is 0 Å². The number of rotatable bonds is 7. The van der Waals surface area contributed by atoms with Gasteiger partial charge in [0.15, 0.2) is 0 Å². The summed E-state index contributed by atoms with van der Waals surface area (Å²) in [5.41, 5.74) is 2.09. The highest BCUT2D eigenvalue weighted by atomic mass is 32.2. The van der Waals surface area contributed by atoms with Crippen molar-refractivity contribution in [2.45, 2.75) is 30.6 Å². The monoisotopic (exact) mass is 428 g/mol. The Morgan fingerprint density at radius 1 is 1.03 bits per heavy atom. The molecule has 0 aliphatic carbocycles. The molecule has 152 valence electrons. The maximum absolute atomic E-state index is 13.0. The van der Waals surface area contributed by atoms with Gasteiger partial charge in [0.25, 0.3) is 0 Å². The lowest BCUT2D eigenvalue weighted by Gasteiger charge is -2.26.